The van der Waals surface area contributed by atoms with E-state index in [2.05, 4.69) is 89.5 Å². The average Bonchev–Trinajstić information content (AvgIpc) is 2.86. The van der Waals surface area contributed by atoms with E-state index in [-0.39, 0.29) is 5.97 Å². The highest BCUT2D eigenvalue weighted by atomic mass is 16.5. The molecular formula is C29H28NO2+. The fraction of sp³-hybridized carbons (Fsp3) is 0.172. The molecule has 0 saturated heterocycles. The Labute approximate surface area is 189 Å². The van der Waals surface area contributed by atoms with Gasteiger partial charge in [-0.1, -0.05) is 66.7 Å². The maximum atomic E-state index is 12.0. The smallest absolute Gasteiger partial charge is 0.306 e. The largest absolute Gasteiger partial charge is 0.466 e. The van der Waals surface area contributed by atoms with Crippen LogP contribution < -0.4 is 4.57 Å². The van der Waals surface area contributed by atoms with E-state index < -0.39 is 0 Å². The highest BCUT2D eigenvalue weighted by molar-refractivity contribution is 5.73. The fourth-order valence-electron chi connectivity index (χ4n) is 3.97. The molecular weight excluding hydrogens is 394 g/mol. The Hall–Kier alpha value is -3.72. The molecule has 0 radical (unpaired) electrons. The summed E-state index contributed by atoms with van der Waals surface area (Å²) in [5.41, 5.74) is 6.92. The summed E-state index contributed by atoms with van der Waals surface area (Å²) in [5.74, 6) is -0.142. The molecule has 0 spiro atoms. The average molecular weight is 423 g/mol. The van der Waals surface area contributed by atoms with Gasteiger partial charge in [-0.15, -0.1) is 0 Å². The first-order chi connectivity index (χ1) is 15.8. The predicted octanol–water partition coefficient (Wildman–Crippen LogP) is 6.32. The highest BCUT2D eigenvalue weighted by Crippen LogP contribution is 2.29. The van der Waals surface area contributed by atoms with E-state index in [0.29, 0.717) is 19.4 Å². The lowest BCUT2D eigenvalue weighted by Gasteiger charge is -2.13. The van der Waals surface area contributed by atoms with Crippen molar-refractivity contribution >= 4 is 5.97 Å². The third-order valence-corrected chi connectivity index (χ3v) is 5.48. The maximum absolute atomic E-state index is 12.0. The van der Waals surface area contributed by atoms with E-state index in [1.807, 2.05) is 25.1 Å². The number of esters is 1. The summed E-state index contributed by atoms with van der Waals surface area (Å²) in [6.07, 6.45) is 1.12. The number of carbonyl (C=O) groups is 1. The summed E-state index contributed by atoms with van der Waals surface area (Å²) >= 11 is 0. The Kier molecular flexibility index (Phi) is 7.08. The van der Waals surface area contributed by atoms with Gasteiger partial charge in [0.05, 0.1) is 13.0 Å². The molecule has 0 aliphatic heterocycles. The van der Waals surface area contributed by atoms with Crippen LogP contribution in [0.4, 0.5) is 0 Å². The molecule has 160 valence electrons. The molecule has 0 saturated carbocycles. The van der Waals surface area contributed by atoms with Gasteiger partial charge in [0, 0.05) is 29.7 Å². The molecule has 0 atom stereocenters. The van der Waals surface area contributed by atoms with Crippen molar-refractivity contribution in [2.75, 3.05) is 6.61 Å². The predicted molar refractivity (Wildman–Crippen MR) is 129 cm³/mol. The van der Waals surface area contributed by atoms with Crippen molar-refractivity contribution in [1.29, 1.82) is 0 Å². The van der Waals surface area contributed by atoms with Crippen LogP contribution in [0.25, 0.3) is 33.6 Å². The van der Waals surface area contributed by atoms with Gasteiger partial charge < -0.3 is 4.74 Å². The molecule has 0 amide bonds. The SMILES string of the molecule is CCOC(=O)CCC[n+]1c(-c2ccccc2)cc(-c2ccccc2)cc1-c1ccccc1. The quantitative estimate of drug-likeness (QED) is 0.246. The third kappa shape index (κ3) is 5.12. The van der Waals surface area contributed by atoms with Crippen molar-refractivity contribution in [3.8, 4) is 33.6 Å². The van der Waals surface area contributed by atoms with Crippen LogP contribution in [-0.2, 0) is 16.1 Å². The Morgan fingerprint density at radius 3 is 1.62 bits per heavy atom. The lowest BCUT2D eigenvalue weighted by atomic mass is 9.99. The third-order valence-electron chi connectivity index (χ3n) is 5.48. The molecule has 4 aromatic rings. The Morgan fingerprint density at radius 1 is 0.688 bits per heavy atom. The maximum Gasteiger partial charge on any atom is 0.306 e. The Morgan fingerprint density at radius 2 is 1.16 bits per heavy atom. The van der Waals surface area contributed by atoms with Crippen molar-refractivity contribution in [2.24, 2.45) is 0 Å². The normalized spacial score (nSPS) is 10.7. The molecule has 32 heavy (non-hydrogen) atoms. The lowest BCUT2D eigenvalue weighted by Crippen LogP contribution is -2.39. The number of nitrogens with zero attached hydrogens (tertiary/aromatic N) is 1. The van der Waals surface area contributed by atoms with E-state index in [0.717, 1.165) is 29.1 Å². The number of benzene rings is 3. The summed E-state index contributed by atoms with van der Waals surface area (Å²) < 4.78 is 7.47. The van der Waals surface area contributed by atoms with E-state index in [1.54, 1.807) is 0 Å². The van der Waals surface area contributed by atoms with Gasteiger partial charge in [0.25, 0.3) is 0 Å². The Balaban J connectivity index is 1.85. The van der Waals surface area contributed by atoms with Gasteiger partial charge in [-0.2, -0.15) is 4.57 Å². The summed E-state index contributed by atoms with van der Waals surface area (Å²) in [6.45, 7) is 2.99. The molecule has 3 aromatic carbocycles. The number of rotatable bonds is 8. The second-order valence-electron chi connectivity index (χ2n) is 7.67. The van der Waals surface area contributed by atoms with Crippen molar-refractivity contribution in [1.82, 2.24) is 0 Å². The summed E-state index contributed by atoms with van der Waals surface area (Å²) in [5, 5.41) is 0. The molecule has 3 heteroatoms. The van der Waals surface area contributed by atoms with Crippen molar-refractivity contribution < 1.29 is 14.1 Å². The fourth-order valence-corrected chi connectivity index (χ4v) is 3.97. The van der Waals surface area contributed by atoms with Crippen LogP contribution >= 0.6 is 0 Å². The van der Waals surface area contributed by atoms with Gasteiger partial charge in [0.2, 0.25) is 11.4 Å². The van der Waals surface area contributed by atoms with Crippen LogP contribution in [0.15, 0.2) is 103 Å². The molecule has 0 N–H and O–H groups in total. The summed E-state index contributed by atoms with van der Waals surface area (Å²) in [4.78, 5) is 12.0. The number of aromatic nitrogens is 1. The lowest BCUT2D eigenvalue weighted by molar-refractivity contribution is -0.675. The zero-order valence-electron chi connectivity index (χ0n) is 18.4. The second-order valence-corrected chi connectivity index (χ2v) is 7.67. The van der Waals surface area contributed by atoms with Gasteiger partial charge in [-0.25, -0.2) is 0 Å². The molecule has 0 aliphatic carbocycles. The molecule has 0 fully saturated rings. The highest BCUT2D eigenvalue weighted by Gasteiger charge is 2.22. The first-order valence-electron chi connectivity index (χ1n) is 11.2. The van der Waals surface area contributed by atoms with E-state index in [4.69, 9.17) is 4.74 Å². The van der Waals surface area contributed by atoms with Crippen molar-refractivity contribution in [2.45, 2.75) is 26.3 Å². The molecule has 3 nitrogen and oxygen atoms in total. The molecule has 0 aliphatic rings. The van der Waals surface area contributed by atoms with Crippen LogP contribution in [0.3, 0.4) is 0 Å². The molecule has 0 unspecified atom stereocenters. The zero-order chi connectivity index (χ0) is 22.2. The molecule has 0 bridgehead atoms. The van der Waals surface area contributed by atoms with E-state index in [1.165, 1.54) is 11.1 Å². The van der Waals surface area contributed by atoms with Crippen LogP contribution in [0.5, 0.6) is 0 Å². The minimum Gasteiger partial charge on any atom is -0.466 e. The van der Waals surface area contributed by atoms with Gasteiger partial charge in [0.1, 0.15) is 6.54 Å². The number of ether oxygens (including phenoxy) is 1. The first kappa shape index (κ1) is 21.5. The van der Waals surface area contributed by atoms with Gasteiger partial charge in [-0.05, 0) is 42.3 Å². The molecule has 1 heterocycles. The molecule has 4 rings (SSSR count). The van der Waals surface area contributed by atoms with Gasteiger partial charge >= 0.3 is 5.97 Å². The number of hydrogen-bond acceptors (Lipinski definition) is 2. The number of pyridine rings is 1. The van der Waals surface area contributed by atoms with Crippen molar-refractivity contribution in [3.63, 3.8) is 0 Å². The first-order valence-corrected chi connectivity index (χ1v) is 11.2. The standard InChI is InChI=1S/C29H28NO2/c1-2-32-29(31)19-12-20-30-27(24-15-8-4-9-16-24)21-26(23-13-6-3-7-14-23)22-28(30)25-17-10-5-11-18-25/h3-11,13-18,21-22H,2,12,19-20H2,1H3/q+1. The van der Waals surface area contributed by atoms with Crippen LogP contribution in [0.1, 0.15) is 19.8 Å². The second kappa shape index (κ2) is 10.5. The van der Waals surface area contributed by atoms with Crippen molar-refractivity contribution in [3.05, 3.63) is 103 Å². The summed E-state index contributed by atoms with van der Waals surface area (Å²) in [6, 6.07) is 35.9. The monoisotopic (exact) mass is 422 g/mol. The van der Waals surface area contributed by atoms with E-state index in [9.17, 15) is 4.79 Å². The van der Waals surface area contributed by atoms with E-state index >= 15 is 0 Å². The van der Waals surface area contributed by atoms with Crippen LogP contribution in [0.2, 0.25) is 0 Å². The van der Waals surface area contributed by atoms with Crippen LogP contribution in [-0.4, -0.2) is 12.6 Å². The molecule has 1 aromatic heterocycles. The number of carbonyl (C=O) groups excluding carboxylic acids is 1. The number of hydrogen-bond donors (Lipinski definition) is 0. The van der Waals surface area contributed by atoms with Gasteiger partial charge in [-0.3, -0.25) is 4.79 Å². The van der Waals surface area contributed by atoms with Gasteiger partial charge in [0.15, 0.2) is 0 Å². The minimum absolute atomic E-state index is 0.142. The van der Waals surface area contributed by atoms with Crippen LogP contribution in [0, 0.1) is 0 Å². The Bertz CT molecular complexity index is 1100. The zero-order valence-corrected chi connectivity index (χ0v) is 18.4. The minimum atomic E-state index is -0.142. The summed E-state index contributed by atoms with van der Waals surface area (Å²) in [7, 11) is 0. The topological polar surface area (TPSA) is 30.2 Å².